The summed E-state index contributed by atoms with van der Waals surface area (Å²) in [7, 11) is -3.62. The maximum absolute atomic E-state index is 13.3. The molecule has 1 unspecified atom stereocenters. The van der Waals surface area contributed by atoms with Crippen LogP contribution in [0.3, 0.4) is 0 Å². The second-order valence-electron chi connectivity index (χ2n) is 9.11. The molecule has 0 spiro atoms. The summed E-state index contributed by atoms with van der Waals surface area (Å²) in [4.78, 5) is 13.4. The second kappa shape index (κ2) is 9.85. The van der Waals surface area contributed by atoms with Gasteiger partial charge in [0.25, 0.3) is 5.91 Å². The van der Waals surface area contributed by atoms with Crippen LogP contribution in [0.2, 0.25) is 0 Å². The lowest BCUT2D eigenvalue weighted by Gasteiger charge is -2.41. The zero-order valence-electron chi connectivity index (χ0n) is 19.5. The van der Waals surface area contributed by atoms with Gasteiger partial charge in [-0.15, -0.1) is 0 Å². The summed E-state index contributed by atoms with van der Waals surface area (Å²) < 4.78 is 34.3. The third kappa shape index (κ3) is 4.94. The summed E-state index contributed by atoms with van der Waals surface area (Å²) >= 11 is 0. The van der Waals surface area contributed by atoms with E-state index in [1.165, 1.54) is 6.07 Å². The summed E-state index contributed by atoms with van der Waals surface area (Å²) in [6, 6.07) is 14.0. The van der Waals surface area contributed by atoms with Crippen molar-refractivity contribution in [3.05, 3.63) is 59.7 Å². The van der Waals surface area contributed by atoms with Crippen LogP contribution in [-0.2, 0) is 10.0 Å². The first-order chi connectivity index (χ1) is 15.9. The Balaban J connectivity index is 1.58. The minimum Gasteiger partial charge on any atom is -0.487 e. The van der Waals surface area contributed by atoms with Crippen LogP contribution in [0.4, 0.5) is 0 Å². The van der Waals surface area contributed by atoms with Crippen molar-refractivity contribution in [3.63, 3.8) is 0 Å². The molecule has 178 valence electrons. The Morgan fingerprint density at radius 1 is 1.03 bits per heavy atom. The first-order valence-electron chi connectivity index (χ1n) is 12.1. The van der Waals surface area contributed by atoms with Crippen molar-refractivity contribution >= 4 is 15.9 Å². The Bertz CT molecular complexity index is 1090. The third-order valence-electron chi connectivity index (χ3n) is 7.09. The van der Waals surface area contributed by atoms with Gasteiger partial charge in [0.05, 0.1) is 10.9 Å². The molecule has 1 amide bonds. The third-order valence-corrected chi connectivity index (χ3v) is 8.98. The van der Waals surface area contributed by atoms with Crippen molar-refractivity contribution in [2.75, 3.05) is 13.1 Å². The monoisotopic (exact) mass is 470 g/mol. The van der Waals surface area contributed by atoms with E-state index in [1.807, 2.05) is 24.3 Å². The van der Waals surface area contributed by atoms with Crippen molar-refractivity contribution in [3.8, 4) is 5.75 Å². The minimum atomic E-state index is -3.62. The summed E-state index contributed by atoms with van der Waals surface area (Å²) in [5.41, 5.74) is 0.981. The highest BCUT2D eigenvalue weighted by molar-refractivity contribution is 7.89. The van der Waals surface area contributed by atoms with Crippen molar-refractivity contribution < 1.29 is 17.9 Å². The zero-order chi connectivity index (χ0) is 23.5. The number of hydrogen-bond acceptors (Lipinski definition) is 4. The quantitative estimate of drug-likeness (QED) is 0.640. The lowest BCUT2D eigenvalue weighted by molar-refractivity contribution is 0.0227. The molecule has 4 rings (SSSR count). The van der Waals surface area contributed by atoms with Gasteiger partial charge in [-0.05, 0) is 49.9 Å². The van der Waals surface area contributed by atoms with Crippen LogP contribution in [-0.4, -0.2) is 37.3 Å². The molecule has 0 saturated carbocycles. The zero-order valence-corrected chi connectivity index (χ0v) is 20.4. The molecule has 1 saturated heterocycles. The largest absolute Gasteiger partial charge is 0.487 e. The van der Waals surface area contributed by atoms with E-state index in [0.29, 0.717) is 25.1 Å². The summed E-state index contributed by atoms with van der Waals surface area (Å²) in [5, 5.41) is 3.16. The fraction of sp³-hybridized carbons (Fsp3) is 0.500. The van der Waals surface area contributed by atoms with Gasteiger partial charge in [0.1, 0.15) is 11.4 Å². The highest BCUT2D eigenvalue weighted by Crippen LogP contribution is 2.42. The van der Waals surface area contributed by atoms with Crippen LogP contribution < -0.4 is 10.1 Å². The number of hydrogen-bond donors (Lipinski definition) is 1. The Kier molecular flexibility index (Phi) is 7.10. The van der Waals surface area contributed by atoms with Crippen LogP contribution >= 0.6 is 0 Å². The van der Waals surface area contributed by atoms with E-state index in [0.717, 1.165) is 49.8 Å². The van der Waals surface area contributed by atoms with Gasteiger partial charge in [-0.1, -0.05) is 51.0 Å². The fourth-order valence-corrected chi connectivity index (χ4v) is 6.46. The average molecular weight is 471 g/mol. The molecule has 2 aliphatic heterocycles. The lowest BCUT2D eigenvalue weighted by atomic mass is 9.83. The first kappa shape index (κ1) is 23.8. The molecular formula is C26H34N2O4S. The standard InChI is InChI=1S/C26H34N2O4S/c1-3-26(4-2)19-23(22-14-7-8-15-24(22)32-26)27-25(29)20-12-11-13-21(18-20)33(30,31)28-16-9-5-6-10-17-28/h7-8,11-15,18,23H,3-6,9-10,16-17,19H2,1-2H3,(H,27,29). The Morgan fingerprint density at radius 3 is 2.42 bits per heavy atom. The van der Waals surface area contributed by atoms with Gasteiger partial charge >= 0.3 is 0 Å². The van der Waals surface area contributed by atoms with Gasteiger partial charge < -0.3 is 10.1 Å². The van der Waals surface area contributed by atoms with Gasteiger partial charge in [-0.3, -0.25) is 4.79 Å². The molecule has 2 aromatic rings. The van der Waals surface area contributed by atoms with Gasteiger partial charge in [0, 0.05) is 30.6 Å². The number of para-hydroxylation sites is 1. The van der Waals surface area contributed by atoms with Gasteiger partial charge in [-0.2, -0.15) is 4.31 Å². The number of fused-ring (bicyclic) bond motifs is 1. The molecule has 1 atom stereocenters. The van der Waals surface area contributed by atoms with E-state index in [9.17, 15) is 13.2 Å². The van der Waals surface area contributed by atoms with Crippen LogP contribution in [0.15, 0.2) is 53.4 Å². The van der Waals surface area contributed by atoms with E-state index >= 15 is 0 Å². The molecule has 2 aliphatic rings. The molecule has 0 aliphatic carbocycles. The van der Waals surface area contributed by atoms with Crippen molar-refractivity contribution in [2.45, 2.75) is 75.3 Å². The maximum atomic E-state index is 13.3. The first-order valence-corrected chi connectivity index (χ1v) is 13.5. The van der Waals surface area contributed by atoms with Gasteiger partial charge in [0.15, 0.2) is 0 Å². The molecule has 7 heteroatoms. The second-order valence-corrected chi connectivity index (χ2v) is 11.0. The van der Waals surface area contributed by atoms with E-state index in [-0.39, 0.29) is 22.4 Å². The highest BCUT2D eigenvalue weighted by Gasteiger charge is 2.39. The maximum Gasteiger partial charge on any atom is 0.251 e. The molecule has 1 N–H and O–H groups in total. The molecule has 1 fully saturated rings. The molecule has 2 heterocycles. The van der Waals surface area contributed by atoms with Crippen LogP contribution in [0, 0.1) is 0 Å². The minimum absolute atomic E-state index is 0.181. The number of nitrogens with one attached hydrogen (secondary N) is 1. The summed E-state index contributed by atoms with van der Waals surface area (Å²) in [6.45, 7) is 5.28. The number of carbonyl (C=O) groups is 1. The Morgan fingerprint density at radius 2 is 1.73 bits per heavy atom. The molecule has 0 radical (unpaired) electrons. The summed E-state index contributed by atoms with van der Waals surface area (Å²) in [5.74, 6) is 0.529. The molecular weight excluding hydrogens is 436 g/mol. The molecule has 0 aromatic heterocycles. The van der Waals surface area contributed by atoms with E-state index in [4.69, 9.17) is 4.74 Å². The topological polar surface area (TPSA) is 75.7 Å². The number of ether oxygens (including phenoxy) is 1. The van der Waals surface area contributed by atoms with Crippen LogP contribution in [0.5, 0.6) is 5.75 Å². The number of rotatable bonds is 6. The molecule has 2 aromatic carbocycles. The number of benzene rings is 2. The molecule has 6 nitrogen and oxygen atoms in total. The smallest absolute Gasteiger partial charge is 0.251 e. The highest BCUT2D eigenvalue weighted by atomic mass is 32.2. The number of nitrogens with zero attached hydrogens (tertiary/aromatic N) is 1. The fourth-order valence-electron chi connectivity index (χ4n) is 4.90. The normalized spacial score (nSPS) is 20.8. The van der Waals surface area contributed by atoms with Gasteiger partial charge in [-0.25, -0.2) is 8.42 Å². The van der Waals surface area contributed by atoms with Gasteiger partial charge in [0.2, 0.25) is 10.0 Å². The molecule has 0 bridgehead atoms. The Hall–Kier alpha value is -2.38. The number of amides is 1. The van der Waals surface area contributed by atoms with E-state index in [1.54, 1.807) is 22.5 Å². The van der Waals surface area contributed by atoms with Crippen LogP contribution in [0.1, 0.15) is 80.8 Å². The molecule has 33 heavy (non-hydrogen) atoms. The van der Waals surface area contributed by atoms with E-state index < -0.39 is 10.0 Å². The predicted octanol–water partition coefficient (Wildman–Crippen LogP) is 5.06. The summed E-state index contributed by atoms with van der Waals surface area (Å²) in [6.07, 6.45) is 6.21. The average Bonchev–Trinajstić information content (AvgIpc) is 3.14. The lowest BCUT2D eigenvalue weighted by Crippen LogP contribution is -2.44. The van der Waals surface area contributed by atoms with Crippen LogP contribution in [0.25, 0.3) is 0 Å². The van der Waals surface area contributed by atoms with Crippen molar-refractivity contribution in [2.24, 2.45) is 0 Å². The predicted molar refractivity (Wildman–Crippen MR) is 129 cm³/mol. The number of sulfonamides is 1. The van der Waals surface area contributed by atoms with Crippen molar-refractivity contribution in [1.29, 1.82) is 0 Å². The SMILES string of the molecule is CCC1(CC)CC(NC(=O)c2cccc(S(=O)(=O)N3CCCCCC3)c2)c2ccccc2O1. The Labute approximate surface area is 197 Å². The number of carbonyl (C=O) groups excluding carboxylic acids is 1. The van der Waals surface area contributed by atoms with Crippen molar-refractivity contribution in [1.82, 2.24) is 9.62 Å². The van der Waals surface area contributed by atoms with E-state index in [2.05, 4.69) is 19.2 Å².